The standard InChI is InChI=1S/C28H48N2O5S/c1-4-27(33)11-12-28(19-31)20(17-27)5-6-21-22-7-8-24(26(22,2)10-9-23(21)28)25(32)18-29-13-15-30(16-14-29)36(3,34)35/h20-24,31,33H,4-19H2,1-3H3/t20-,21-,22-,23-,24+,26-,27+,28?/m0/s1. The fourth-order valence-electron chi connectivity index (χ4n) is 9.83. The maximum absolute atomic E-state index is 13.6. The molecule has 0 aromatic rings. The highest BCUT2D eigenvalue weighted by atomic mass is 32.2. The van der Waals surface area contributed by atoms with Gasteiger partial charge in [0.05, 0.1) is 18.4 Å². The summed E-state index contributed by atoms with van der Waals surface area (Å²) >= 11 is 0. The number of piperazine rings is 1. The average Bonchev–Trinajstić information content (AvgIpc) is 3.21. The minimum atomic E-state index is -3.16. The van der Waals surface area contributed by atoms with Crippen LogP contribution in [0.15, 0.2) is 0 Å². The molecule has 0 bridgehead atoms. The van der Waals surface area contributed by atoms with Crippen LogP contribution < -0.4 is 0 Å². The summed E-state index contributed by atoms with van der Waals surface area (Å²) in [5.74, 6) is 2.49. The number of sulfonamides is 1. The second-order valence-electron chi connectivity index (χ2n) is 13.4. The van der Waals surface area contributed by atoms with Gasteiger partial charge < -0.3 is 10.2 Å². The molecule has 2 N–H and O–H groups in total. The molecule has 4 aliphatic carbocycles. The highest BCUT2D eigenvalue weighted by molar-refractivity contribution is 7.88. The quantitative estimate of drug-likeness (QED) is 0.555. The van der Waals surface area contributed by atoms with E-state index in [-0.39, 0.29) is 23.4 Å². The zero-order valence-corrected chi connectivity index (χ0v) is 23.4. The van der Waals surface area contributed by atoms with Crippen molar-refractivity contribution in [1.82, 2.24) is 9.21 Å². The SMILES string of the molecule is CC[C@@]1(O)CCC2(CO)[C@@H](CC[C@@H]3[C@@H]2CC[C@]2(C)[C@@H](C(=O)CN4CCN(S(C)(=O)=O)CC4)CC[C@@H]32)C1. The number of nitrogens with zero attached hydrogens (tertiary/aromatic N) is 2. The van der Waals surface area contributed by atoms with Gasteiger partial charge in [0.25, 0.3) is 0 Å². The molecule has 206 valence electrons. The molecule has 8 heteroatoms. The third kappa shape index (κ3) is 4.41. The van der Waals surface area contributed by atoms with Gasteiger partial charge in [-0.1, -0.05) is 13.8 Å². The molecule has 1 aliphatic heterocycles. The summed E-state index contributed by atoms with van der Waals surface area (Å²) in [4.78, 5) is 15.8. The van der Waals surface area contributed by atoms with Crippen LogP contribution in [-0.2, 0) is 14.8 Å². The average molecular weight is 525 g/mol. The van der Waals surface area contributed by atoms with Crippen molar-refractivity contribution < 1.29 is 23.4 Å². The van der Waals surface area contributed by atoms with Crippen LogP contribution in [0, 0.1) is 40.4 Å². The molecule has 0 radical (unpaired) electrons. The topological polar surface area (TPSA) is 98.2 Å². The predicted octanol–water partition coefficient (Wildman–Crippen LogP) is 2.91. The molecule has 36 heavy (non-hydrogen) atoms. The second-order valence-corrected chi connectivity index (χ2v) is 15.4. The Balaban J connectivity index is 1.26. The van der Waals surface area contributed by atoms with E-state index in [4.69, 9.17) is 0 Å². The van der Waals surface area contributed by atoms with Gasteiger partial charge in [0.1, 0.15) is 5.78 Å². The number of hydrogen-bond donors (Lipinski definition) is 2. The van der Waals surface area contributed by atoms with Crippen LogP contribution in [0.5, 0.6) is 0 Å². The Morgan fingerprint density at radius 1 is 0.972 bits per heavy atom. The molecule has 0 aromatic carbocycles. The van der Waals surface area contributed by atoms with Gasteiger partial charge >= 0.3 is 0 Å². The van der Waals surface area contributed by atoms with Gasteiger partial charge in [0.2, 0.25) is 10.0 Å². The Labute approximate surface area is 218 Å². The third-order valence-corrected chi connectivity index (χ3v) is 13.3. The second kappa shape index (κ2) is 9.58. The fraction of sp³-hybridized carbons (Fsp3) is 0.964. The van der Waals surface area contributed by atoms with E-state index >= 15 is 0 Å². The van der Waals surface area contributed by atoms with E-state index in [0.29, 0.717) is 62.2 Å². The normalized spacial score (nSPS) is 46.1. The monoisotopic (exact) mass is 524 g/mol. The van der Waals surface area contributed by atoms with Crippen LogP contribution in [-0.4, -0.2) is 84.8 Å². The van der Waals surface area contributed by atoms with E-state index in [9.17, 15) is 23.4 Å². The molecule has 1 unspecified atom stereocenters. The van der Waals surface area contributed by atoms with Gasteiger partial charge in [-0.2, -0.15) is 4.31 Å². The molecule has 5 fully saturated rings. The molecule has 4 saturated carbocycles. The third-order valence-electron chi connectivity index (χ3n) is 12.0. The van der Waals surface area contributed by atoms with Crippen LogP contribution in [0.2, 0.25) is 0 Å². The Bertz CT molecular complexity index is 950. The first-order chi connectivity index (χ1) is 17.0. The molecule has 0 amide bonds. The van der Waals surface area contributed by atoms with Gasteiger partial charge in [0, 0.05) is 38.7 Å². The smallest absolute Gasteiger partial charge is 0.211 e. The van der Waals surface area contributed by atoms with Gasteiger partial charge in [-0.25, -0.2) is 8.42 Å². The van der Waals surface area contributed by atoms with Crippen molar-refractivity contribution in [3.8, 4) is 0 Å². The first kappa shape index (κ1) is 27.0. The minimum absolute atomic E-state index is 0.0368. The van der Waals surface area contributed by atoms with Crippen LogP contribution in [0.4, 0.5) is 0 Å². The number of aliphatic hydroxyl groups is 2. The Hall–Kier alpha value is -0.540. The number of rotatable bonds is 6. The summed E-state index contributed by atoms with van der Waals surface area (Å²) in [5, 5.41) is 21.8. The van der Waals surface area contributed by atoms with Crippen molar-refractivity contribution in [1.29, 1.82) is 0 Å². The lowest BCUT2D eigenvalue weighted by Crippen LogP contribution is -2.58. The van der Waals surface area contributed by atoms with E-state index < -0.39 is 15.6 Å². The van der Waals surface area contributed by atoms with Gasteiger partial charge in [-0.15, -0.1) is 0 Å². The van der Waals surface area contributed by atoms with Crippen LogP contribution in [0.3, 0.4) is 0 Å². The van der Waals surface area contributed by atoms with Crippen molar-refractivity contribution in [2.75, 3.05) is 45.6 Å². The number of aliphatic hydroxyl groups excluding tert-OH is 1. The minimum Gasteiger partial charge on any atom is -0.396 e. The summed E-state index contributed by atoms with van der Waals surface area (Å²) in [6, 6.07) is 0. The maximum Gasteiger partial charge on any atom is 0.211 e. The largest absolute Gasteiger partial charge is 0.396 e. The molecule has 5 rings (SSSR count). The summed E-state index contributed by atoms with van der Waals surface area (Å²) in [6.07, 6.45) is 11.1. The van der Waals surface area contributed by atoms with E-state index in [2.05, 4.69) is 18.7 Å². The summed E-state index contributed by atoms with van der Waals surface area (Å²) < 4.78 is 25.2. The molecule has 0 spiro atoms. The zero-order valence-electron chi connectivity index (χ0n) is 22.6. The number of carbonyl (C=O) groups excluding carboxylic acids is 1. The van der Waals surface area contributed by atoms with E-state index in [1.165, 1.54) is 17.0 Å². The number of fused-ring (bicyclic) bond motifs is 5. The lowest BCUT2D eigenvalue weighted by Gasteiger charge is -2.62. The molecule has 8 atom stereocenters. The van der Waals surface area contributed by atoms with E-state index in [1.807, 2.05) is 0 Å². The fourth-order valence-corrected chi connectivity index (χ4v) is 10.7. The Morgan fingerprint density at radius 3 is 2.33 bits per heavy atom. The summed E-state index contributed by atoms with van der Waals surface area (Å²) in [5.41, 5.74) is -0.570. The molecule has 5 aliphatic rings. The van der Waals surface area contributed by atoms with Crippen LogP contribution in [0.25, 0.3) is 0 Å². The van der Waals surface area contributed by atoms with Crippen molar-refractivity contribution >= 4 is 15.8 Å². The summed E-state index contributed by atoms with van der Waals surface area (Å²) in [7, 11) is -3.16. The first-order valence-electron chi connectivity index (χ1n) is 14.5. The molecular weight excluding hydrogens is 476 g/mol. The van der Waals surface area contributed by atoms with Crippen molar-refractivity contribution in [2.24, 2.45) is 40.4 Å². The molecule has 1 heterocycles. The number of carbonyl (C=O) groups is 1. The number of Topliss-reactive ketones (excluding diaryl/α,β-unsaturated/α-hetero) is 1. The van der Waals surface area contributed by atoms with Gasteiger partial charge in [0.15, 0.2) is 0 Å². The first-order valence-corrected chi connectivity index (χ1v) is 16.3. The van der Waals surface area contributed by atoms with Crippen LogP contribution in [0.1, 0.15) is 78.1 Å². The lowest BCUT2D eigenvalue weighted by molar-refractivity contribution is -0.175. The van der Waals surface area contributed by atoms with Crippen molar-refractivity contribution in [2.45, 2.75) is 83.7 Å². The number of ketones is 1. The van der Waals surface area contributed by atoms with Gasteiger partial charge in [-0.05, 0) is 98.7 Å². The Kier molecular flexibility index (Phi) is 7.20. The molecule has 1 saturated heterocycles. The molecular formula is C28H48N2O5S. The van der Waals surface area contributed by atoms with Crippen molar-refractivity contribution in [3.05, 3.63) is 0 Å². The lowest BCUT2D eigenvalue weighted by atomic mass is 9.43. The summed E-state index contributed by atoms with van der Waals surface area (Å²) in [6.45, 7) is 7.34. The van der Waals surface area contributed by atoms with Gasteiger partial charge in [-0.3, -0.25) is 9.69 Å². The predicted molar refractivity (Wildman–Crippen MR) is 140 cm³/mol. The highest BCUT2D eigenvalue weighted by Crippen LogP contribution is 2.68. The van der Waals surface area contributed by atoms with E-state index in [0.717, 1.165) is 57.8 Å². The Morgan fingerprint density at radius 2 is 1.69 bits per heavy atom. The highest BCUT2D eigenvalue weighted by Gasteiger charge is 2.63. The maximum atomic E-state index is 13.6. The van der Waals surface area contributed by atoms with Crippen molar-refractivity contribution in [3.63, 3.8) is 0 Å². The molecule has 0 aromatic heterocycles. The van der Waals surface area contributed by atoms with Crippen LogP contribution >= 0.6 is 0 Å². The van der Waals surface area contributed by atoms with E-state index in [1.54, 1.807) is 0 Å². The zero-order chi connectivity index (χ0) is 25.9. The number of hydrogen-bond acceptors (Lipinski definition) is 6. The molecule has 7 nitrogen and oxygen atoms in total.